The number of nitrogens with zero attached hydrogens (tertiary/aromatic N) is 1. The summed E-state index contributed by atoms with van der Waals surface area (Å²) in [6.45, 7) is 6.18. The van der Waals surface area contributed by atoms with Crippen LogP contribution < -0.4 is 5.32 Å². The van der Waals surface area contributed by atoms with Crippen LogP contribution in [0, 0.1) is 5.92 Å². The Hall–Kier alpha value is -0.580. The molecule has 0 spiro atoms. The van der Waals surface area contributed by atoms with Crippen molar-refractivity contribution in [2.45, 2.75) is 13.3 Å². The summed E-state index contributed by atoms with van der Waals surface area (Å²) in [6, 6.07) is 5.39. The van der Waals surface area contributed by atoms with Crippen molar-refractivity contribution in [2.75, 3.05) is 26.2 Å². The molecule has 1 saturated heterocycles. The van der Waals surface area contributed by atoms with E-state index in [-0.39, 0.29) is 5.91 Å². The van der Waals surface area contributed by atoms with Gasteiger partial charge in [-0.25, -0.2) is 0 Å². The highest BCUT2D eigenvalue weighted by Gasteiger charge is 2.22. The molecule has 104 valence electrons. The van der Waals surface area contributed by atoms with E-state index in [2.05, 4.69) is 33.1 Å². The zero-order chi connectivity index (χ0) is 13.8. The van der Waals surface area contributed by atoms with E-state index in [0.29, 0.717) is 16.5 Å². The molecule has 1 unspecified atom stereocenters. The van der Waals surface area contributed by atoms with Crippen LogP contribution >= 0.6 is 27.5 Å². The predicted octanol–water partition coefficient (Wildman–Crippen LogP) is 3.17. The summed E-state index contributed by atoms with van der Waals surface area (Å²) < 4.78 is 0.750. The Labute approximate surface area is 127 Å². The molecule has 1 atom stereocenters. The number of benzene rings is 1. The van der Waals surface area contributed by atoms with Crippen molar-refractivity contribution >= 4 is 33.4 Å². The van der Waals surface area contributed by atoms with E-state index < -0.39 is 0 Å². The molecule has 3 nitrogen and oxygen atoms in total. The van der Waals surface area contributed by atoms with Crippen molar-refractivity contribution in [3.63, 3.8) is 0 Å². The number of likely N-dealkylation sites (tertiary alicyclic amines) is 1. The summed E-state index contributed by atoms with van der Waals surface area (Å²) in [7, 11) is 0. The Kier molecular flexibility index (Phi) is 5.25. The molecule has 0 saturated carbocycles. The maximum absolute atomic E-state index is 12.1. The van der Waals surface area contributed by atoms with Gasteiger partial charge in [0.15, 0.2) is 0 Å². The van der Waals surface area contributed by atoms with Crippen LogP contribution in [0.25, 0.3) is 0 Å². The summed E-state index contributed by atoms with van der Waals surface area (Å²) in [5.74, 6) is 0.455. The van der Waals surface area contributed by atoms with Gasteiger partial charge in [-0.3, -0.25) is 4.79 Å². The molecule has 1 aromatic rings. The minimum atomic E-state index is -0.0961. The average Bonchev–Trinajstić information content (AvgIpc) is 2.87. The van der Waals surface area contributed by atoms with Crippen LogP contribution in [0.3, 0.4) is 0 Å². The van der Waals surface area contributed by atoms with Gasteiger partial charge in [-0.1, -0.05) is 24.6 Å². The predicted molar refractivity (Wildman–Crippen MR) is 81.7 cm³/mol. The molecule has 0 aromatic heterocycles. The van der Waals surface area contributed by atoms with Crippen molar-refractivity contribution in [2.24, 2.45) is 5.92 Å². The van der Waals surface area contributed by atoms with E-state index in [1.807, 2.05) is 12.1 Å². The summed E-state index contributed by atoms with van der Waals surface area (Å²) >= 11 is 9.44. The fraction of sp³-hybridized carbons (Fsp3) is 0.500. The lowest BCUT2D eigenvalue weighted by atomic mass is 10.1. The summed E-state index contributed by atoms with van der Waals surface area (Å²) in [5.41, 5.74) is 0.529. The standard InChI is InChI=1S/C14H18BrClN2O/c1-2-18-7-6-10(9-18)8-17-14(19)11-4-3-5-12(15)13(11)16/h3-5,10H,2,6-9H2,1H3,(H,17,19). The lowest BCUT2D eigenvalue weighted by molar-refractivity contribution is 0.0947. The number of hydrogen-bond acceptors (Lipinski definition) is 2. The van der Waals surface area contributed by atoms with E-state index in [1.165, 1.54) is 0 Å². The highest BCUT2D eigenvalue weighted by Crippen LogP contribution is 2.26. The molecule has 19 heavy (non-hydrogen) atoms. The second kappa shape index (κ2) is 6.73. The molecule has 1 aromatic carbocycles. The molecule has 1 aliphatic heterocycles. The summed E-state index contributed by atoms with van der Waals surface area (Å²) in [6.07, 6.45) is 1.15. The van der Waals surface area contributed by atoms with E-state index in [4.69, 9.17) is 11.6 Å². The monoisotopic (exact) mass is 344 g/mol. The minimum Gasteiger partial charge on any atom is -0.352 e. The molecule has 1 amide bonds. The molecule has 1 aliphatic rings. The number of nitrogens with one attached hydrogen (secondary N) is 1. The third-order valence-electron chi connectivity index (χ3n) is 3.56. The van der Waals surface area contributed by atoms with Gasteiger partial charge < -0.3 is 10.2 Å². The molecule has 0 radical (unpaired) electrons. The quantitative estimate of drug-likeness (QED) is 0.909. The average molecular weight is 346 g/mol. The third-order valence-corrected chi connectivity index (χ3v) is 4.86. The van der Waals surface area contributed by atoms with Crippen molar-refractivity contribution in [3.8, 4) is 0 Å². The topological polar surface area (TPSA) is 32.3 Å². The van der Waals surface area contributed by atoms with Gasteiger partial charge in [-0.2, -0.15) is 0 Å². The molecule has 0 bridgehead atoms. The third kappa shape index (κ3) is 3.71. The smallest absolute Gasteiger partial charge is 0.252 e. The van der Waals surface area contributed by atoms with Crippen LogP contribution in [0.1, 0.15) is 23.7 Å². The number of carbonyl (C=O) groups is 1. The first-order valence-corrected chi connectivity index (χ1v) is 7.73. The molecule has 0 aliphatic carbocycles. The van der Waals surface area contributed by atoms with Gasteiger partial charge in [0.25, 0.3) is 5.91 Å². The Bertz CT molecular complexity index is 467. The molecule has 1 N–H and O–H groups in total. The molecule has 2 rings (SSSR count). The largest absolute Gasteiger partial charge is 0.352 e. The van der Waals surface area contributed by atoms with Crippen LogP contribution in [-0.2, 0) is 0 Å². The zero-order valence-electron chi connectivity index (χ0n) is 11.0. The van der Waals surface area contributed by atoms with Gasteiger partial charge in [0, 0.05) is 17.6 Å². The van der Waals surface area contributed by atoms with Crippen LogP contribution in [0.2, 0.25) is 5.02 Å². The first-order chi connectivity index (χ1) is 9.11. The normalized spacial score (nSPS) is 19.6. The van der Waals surface area contributed by atoms with E-state index in [9.17, 15) is 4.79 Å². The number of halogens is 2. The second-order valence-electron chi connectivity index (χ2n) is 4.86. The number of hydrogen-bond donors (Lipinski definition) is 1. The molecular weight excluding hydrogens is 328 g/mol. The van der Waals surface area contributed by atoms with Crippen LogP contribution in [0.5, 0.6) is 0 Å². The van der Waals surface area contributed by atoms with Crippen LogP contribution in [-0.4, -0.2) is 37.0 Å². The maximum atomic E-state index is 12.1. The van der Waals surface area contributed by atoms with Crippen molar-refractivity contribution < 1.29 is 4.79 Å². The van der Waals surface area contributed by atoms with E-state index >= 15 is 0 Å². The second-order valence-corrected chi connectivity index (χ2v) is 6.09. The fourth-order valence-electron chi connectivity index (χ4n) is 2.38. The number of rotatable bonds is 4. The lowest BCUT2D eigenvalue weighted by Gasteiger charge is -2.14. The number of amides is 1. The van der Waals surface area contributed by atoms with Crippen LogP contribution in [0.4, 0.5) is 0 Å². The number of carbonyl (C=O) groups excluding carboxylic acids is 1. The minimum absolute atomic E-state index is 0.0961. The molecular formula is C14H18BrClN2O. The van der Waals surface area contributed by atoms with E-state index in [1.54, 1.807) is 6.07 Å². The van der Waals surface area contributed by atoms with Crippen molar-refractivity contribution in [3.05, 3.63) is 33.3 Å². The van der Waals surface area contributed by atoms with Crippen molar-refractivity contribution in [1.29, 1.82) is 0 Å². The van der Waals surface area contributed by atoms with Gasteiger partial charge in [-0.05, 0) is 53.5 Å². The highest BCUT2D eigenvalue weighted by atomic mass is 79.9. The van der Waals surface area contributed by atoms with Gasteiger partial charge in [0.2, 0.25) is 0 Å². The first-order valence-electron chi connectivity index (χ1n) is 6.56. The fourth-order valence-corrected chi connectivity index (χ4v) is 2.96. The first kappa shape index (κ1) is 14.8. The molecule has 5 heteroatoms. The van der Waals surface area contributed by atoms with Crippen LogP contribution in [0.15, 0.2) is 22.7 Å². The van der Waals surface area contributed by atoms with Gasteiger partial charge in [0.1, 0.15) is 0 Å². The summed E-state index contributed by atoms with van der Waals surface area (Å²) in [5, 5.41) is 3.46. The Morgan fingerprint density at radius 1 is 1.58 bits per heavy atom. The van der Waals surface area contributed by atoms with E-state index in [0.717, 1.165) is 37.1 Å². The Morgan fingerprint density at radius 2 is 2.37 bits per heavy atom. The zero-order valence-corrected chi connectivity index (χ0v) is 13.3. The SMILES string of the molecule is CCN1CCC(CNC(=O)c2cccc(Br)c2Cl)C1. The van der Waals surface area contributed by atoms with Crippen molar-refractivity contribution in [1.82, 2.24) is 10.2 Å². The summed E-state index contributed by atoms with van der Waals surface area (Å²) in [4.78, 5) is 14.5. The molecule has 1 heterocycles. The maximum Gasteiger partial charge on any atom is 0.252 e. The van der Waals surface area contributed by atoms with Gasteiger partial charge in [0.05, 0.1) is 10.6 Å². The van der Waals surface area contributed by atoms with Gasteiger partial charge in [-0.15, -0.1) is 0 Å². The van der Waals surface area contributed by atoms with Gasteiger partial charge >= 0.3 is 0 Å². The Morgan fingerprint density at radius 3 is 3.05 bits per heavy atom. The molecule has 1 fully saturated rings. The lowest BCUT2D eigenvalue weighted by Crippen LogP contribution is -2.31. The Balaban J connectivity index is 1.90. The highest BCUT2D eigenvalue weighted by molar-refractivity contribution is 9.10.